The zero-order chi connectivity index (χ0) is 29.8. The van der Waals surface area contributed by atoms with Crippen LogP contribution in [0.4, 0.5) is 5.69 Å². The fourth-order valence-electron chi connectivity index (χ4n) is 3.74. The lowest BCUT2D eigenvalue weighted by molar-refractivity contribution is -0.384. The summed E-state index contributed by atoms with van der Waals surface area (Å²) in [4.78, 5) is 85.5. The molecule has 3 atom stereocenters. The fourth-order valence-corrected chi connectivity index (χ4v) is 3.74. The highest BCUT2D eigenvalue weighted by Gasteiger charge is 2.32. The van der Waals surface area contributed by atoms with Crippen LogP contribution in [0.1, 0.15) is 42.5 Å². The monoisotopic (exact) mass is 564 g/mol. The Kier molecular flexibility index (Phi) is 11.7. The number of nitrogens with one attached hydrogen (secondary N) is 4. The number of ether oxygens (including phenoxy) is 1. The molecule has 40 heavy (non-hydrogen) atoms. The first kappa shape index (κ1) is 31.4. The molecule has 218 valence electrons. The molecule has 0 saturated carbocycles. The number of hydrogen-bond acceptors (Lipinski definition) is 10. The molecular formula is C23H32N8O9. The molecule has 0 bridgehead atoms. The van der Waals surface area contributed by atoms with Gasteiger partial charge in [-0.2, -0.15) is 0 Å². The van der Waals surface area contributed by atoms with Gasteiger partial charge in [-0.3, -0.25) is 38.9 Å². The highest BCUT2D eigenvalue weighted by Crippen LogP contribution is 2.25. The third-order valence-corrected chi connectivity index (χ3v) is 5.76. The molecule has 17 heteroatoms. The van der Waals surface area contributed by atoms with E-state index in [9.17, 15) is 38.9 Å². The van der Waals surface area contributed by atoms with Crippen LogP contribution in [0.5, 0.6) is 5.75 Å². The van der Waals surface area contributed by atoms with E-state index in [0.29, 0.717) is 19.4 Å². The lowest BCUT2D eigenvalue weighted by Gasteiger charge is -2.26. The second-order valence-electron chi connectivity index (χ2n) is 8.86. The van der Waals surface area contributed by atoms with E-state index in [2.05, 4.69) is 21.3 Å². The molecule has 6 amide bonds. The van der Waals surface area contributed by atoms with E-state index in [0.717, 1.165) is 18.2 Å². The maximum absolute atomic E-state index is 13.2. The topological polar surface area (TPSA) is 281 Å². The van der Waals surface area contributed by atoms with Crippen molar-refractivity contribution in [1.29, 1.82) is 0 Å². The number of carbonyl (C=O) groups is 6. The van der Waals surface area contributed by atoms with E-state index in [1.54, 1.807) is 0 Å². The number of non-ortho nitro benzene ring substituents is 1. The summed E-state index contributed by atoms with van der Waals surface area (Å²) in [5.74, 6) is -5.39. The Balaban J connectivity index is 2.51. The number of carbonyl (C=O) groups excluding carboxylic acids is 6. The number of primary amides is 2. The summed E-state index contributed by atoms with van der Waals surface area (Å²) in [6.07, 6.45) is 0.181. The number of nitro benzene ring substituents is 1. The second-order valence-corrected chi connectivity index (χ2v) is 8.86. The lowest BCUT2D eigenvalue weighted by Crippen LogP contribution is -2.57. The number of nitro groups is 1. The van der Waals surface area contributed by atoms with Crippen molar-refractivity contribution in [3.05, 3.63) is 33.9 Å². The first-order valence-electron chi connectivity index (χ1n) is 12.3. The molecular weight excluding hydrogens is 532 g/mol. The van der Waals surface area contributed by atoms with Gasteiger partial charge in [0.1, 0.15) is 23.9 Å². The summed E-state index contributed by atoms with van der Waals surface area (Å²) in [6, 6.07) is -0.885. The SMILES string of the molecule is NCCCC[C@@H]1NC(=O)[C@H](CC(N)=O)NC(=O)c2cc([N+](=O)[O-])ccc2OCC[C@@H](C(=O)NCC(N)=O)NC1=O. The normalized spacial score (nSPS) is 19.9. The molecule has 17 nitrogen and oxygen atoms in total. The van der Waals surface area contributed by atoms with Crippen LogP contribution in [0.25, 0.3) is 0 Å². The third kappa shape index (κ3) is 9.50. The van der Waals surface area contributed by atoms with E-state index < -0.39 is 77.1 Å². The minimum absolute atomic E-state index is 0.0904. The molecule has 2 rings (SSSR count). The number of rotatable bonds is 10. The quantitative estimate of drug-likeness (QED) is 0.0861. The molecule has 0 saturated heterocycles. The van der Waals surface area contributed by atoms with Gasteiger partial charge in [-0.25, -0.2) is 0 Å². The van der Waals surface area contributed by atoms with Gasteiger partial charge >= 0.3 is 0 Å². The lowest BCUT2D eigenvalue weighted by atomic mass is 10.0. The molecule has 0 fully saturated rings. The van der Waals surface area contributed by atoms with Gasteiger partial charge in [0.2, 0.25) is 29.5 Å². The molecule has 0 spiro atoms. The Bertz CT molecular complexity index is 1160. The average Bonchev–Trinajstić information content (AvgIpc) is 2.89. The number of fused-ring (bicyclic) bond motifs is 1. The minimum atomic E-state index is -1.56. The van der Waals surface area contributed by atoms with Crippen LogP contribution in [0.3, 0.4) is 0 Å². The molecule has 1 aliphatic rings. The third-order valence-electron chi connectivity index (χ3n) is 5.76. The van der Waals surface area contributed by atoms with Gasteiger partial charge in [0.15, 0.2) is 0 Å². The van der Waals surface area contributed by atoms with Gasteiger partial charge in [-0.05, 0) is 31.9 Å². The maximum Gasteiger partial charge on any atom is 0.270 e. The Morgan fingerprint density at radius 3 is 2.35 bits per heavy atom. The van der Waals surface area contributed by atoms with Crippen LogP contribution < -0.4 is 43.2 Å². The molecule has 0 unspecified atom stereocenters. The summed E-state index contributed by atoms with van der Waals surface area (Å²) in [5, 5.41) is 20.9. The molecule has 1 aromatic carbocycles. The number of benzene rings is 1. The van der Waals surface area contributed by atoms with Crippen LogP contribution in [0.2, 0.25) is 0 Å². The molecule has 1 aromatic rings. The van der Waals surface area contributed by atoms with Crippen molar-refractivity contribution in [2.45, 2.75) is 50.2 Å². The number of unbranched alkanes of at least 4 members (excludes halogenated alkanes) is 1. The summed E-state index contributed by atoms with van der Waals surface area (Å²) in [5.41, 5.74) is 15.1. The van der Waals surface area contributed by atoms with E-state index in [-0.39, 0.29) is 30.8 Å². The second kappa shape index (κ2) is 15.0. The van der Waals surface area contributed by atoms with Crippen LogP contribution in [-0.2, 0) is 24.0 Å². The molecule has 1 heterocycles. The maximum atomic E-state index is 13.2. The first-order valence-corrected chi connectivity index (χ1v) is 12.3. The standard InChI is InChI=1S/C23H32N8O9/c24-7-2-1-3-14-22(36)29-15(21(35)27-11-19(26)33)6-8-40-17-5-4-12(31(38)39)9-13(17)20(34)30-16(10-18(25)32)23(37)28-14/h4-5,9,14-16H,1-3,6-8,10-11,24H2,(H2,25,32)(H2,26,33)(H,27,35)(H,28,37)(H,29,36)(H,30,34)/t14-,15-,16-/m0/s1. The molecule has 1 aliphatic heterocycles. The van der Waals surface area contributed by atoms with Crippen LogP contribution in [-0.4, -0.2) is 78.2 Å². The average molecular weight is 565 g/mol. The van der Waals surface area contributed by atoms with Gasteiger partial charge in [-0.15, -0.1) is 0 Å². The Hall–Kier alpha value is -4.80. The Morgan fingerprint density at radius 2 is 1.73 bits per heavy atom. The van der Waals surface area contributed by atoms with E-state index in [1.165, 1.54) is 0 Å². The number of nitrogens with two attached hydrogens (primary N) is 3. The number of nitrogens with zero attached hydrogens (tertiary/aromatic N) is 1. The smallest absolute Gasteiger partial charge is 0.270 e. The largest absolute Gasteiger partial charge is 0.493 e. The van der Waals surface area contributed by atoms with Gasteiger partial charge < -0.3 is 43.2 Å². The van der Waals surface area contributed by atoms with Gasteiger partial charge in [0.25, 0.3) is 11.6 Å². The Labute approximate surface area is 228 Å². The highest BCUT2D eigenvalue weighted by atomic mass is 16.6. The summed E-state index contributed by atoms with van der Waals surface area (Å²) in [7, 11) is 0. The summed E-state index contributed by atoms with van der Waals surface area (Å²) in [6.45, 7) is -0.462. The predicted molar refractivity (Wildman–Crippen MR) is 137 cm³/mol. The van der Waals surface area contributed by atoms with Gasteiger partial charge in [0, 0.05) is 18.6 Å². The molecule has 0 aromatic heterocycles. The first-order chi connectivity index (χ1) is 18.9. The minimum Gasteiger partial charge on any atom is -0.493 e. The zero-order valence-electron chi connectivity index (χ0n) is 21.5. The number of amides is 6. The van der Waals surface area contributed by atoms with E-state index in [1.807, 2.05) is 0 Å². The molecule has 10 N–H and O–H groups in total. The highest BCUT2D eigenvalue weighted by molar-refractivity contribution is 6.02. The van der Waals surface area contributed by atoms with Crippen LogP contribution >= 0.6 is 0 Å². The van der Waals surface area contributed by atoms with Crippen molar-refractivity contribution in [3.8, 4) is 5.75 Å². The molecule has 0 aliphatic carbocycles. The fraction of sp³-hybridized carbons (Fsp3) is 0.478. The van der Waals surface area contributed by atoms with Crippen molar-refractivity contribution >= 4 is 41.1 Å². The van der Waals surface area contributed by atoms with Crippen molar-refractivity contribution in [3.63, 3.8) is 0 Å². The van der Waals surface area contributed by atoms with E-state index in [4.69, 9.17) is 21.9 Å². The number of hydrogen-bond donors (Lipinski definition) is 7. The van der Waals surface area contributed by atoms with Gasteiger partial charge in [-0.1, -0.05) is 0 Å². The van der Waals surface area contributed by atoms with Crippen LogP contribution in [0.15, 0.2) is 18.2 Å². The van der Waals surface area contributed by atoms with Crippen molar-refractivity contribution < 1.29 is 38.4 Å². The van der Waals surface area contributed by atoms with Crippen molar-refractivity contribution in [2.75, 3.05) is 19.7 Å². The Morgan fingerprint density at radius 1 is 1.02 bits per heavy atom. The van der Waals surface area contributed by atoms with Gasteiger partial charge in [0.05, 0.1) is 30.1 Å². The van der Waals surface area contributed by atoms with E-state index >= 15 is 0 Å². The summed E-state index contributed by atoms with van der Waals surface area (Å²) >= 11 is 0. The zero-order valence-corrected chi connectivity index (χ0v) is 21.5. The molecule has 0 radical (unpaired) electrons. The predicted octanol–water partition coefficient (Wildman–Crippen LogP) is -2.95. The van der Waals surface area contributed by atoms with Crippen LogP contribution in [0, 0.1) is 10.1 Å². The van der Waals surface area contributed by atoms with Crippen molar-refractivity contribution in [2.24, 2.45) is 17.2 Å². The summed E-state index contributed by atoms with van der Waals surface area (Å²) < 4.78 is 5.62. The van der Waals surface area contributed by atoms with Crippen molar-refractivity contribution in [1.82, 2.24) is 21.3 Å².